The minimum atomic E-state index is 0.607. The predicted octanol–water partition coefficient (Wildman–Crippen LogP) is 4.19. The van der Waals surface area contributed by atoms with Gasteiger partial charge in [-0.15, -0.1) is 11.8 Å². The molecule has 0 heterocycles. The molecule has 0 unspecified atom stereocenters. The first-order valence-electron chi connectivity index (χ1n) is 6.23. The lowest BCUT2D eigenvalue weighted by Gasteiger charge is -2.07. The Bertz CT molecular complexity index is 605. The third-order valence-electron chi connectivity index (χ3n) is 2.78. The number of rotatable bonds is 6. The Kier molecular flexibility index (Phi) is 5.33. The summed E-state index contributed by atoms with van der Waals surface area (Å²) in [6.07, 6.45) is 0.852. The van der Waals surface area contributed by atoms with Crippen molar-refractivity contribution in [2.45, 2.75) is 5.75 Å². The Hall–Kier alpha value is -2.13. The Morgan fingerprint density at radius 1 is 1.05 bits per heavy atom. The average molecular weight is 281 g/mol. The number of aliphatic imine (C=N–C) groups is 1. The molecule has 0 saturated carbocycles. The second-order valence-corrected chi connectivity index (χ2v) is 5.15. The Morgan fingerprint density at radius 2 is 1.65 bits per heavy atom. The molecule has 0 N–H and O–H groups in total. The summed E-state index contributed by atoms with van der Waals surface area (Å²) in [5.74, 6) is 0.737. The van der Waals surface area contributed by atoms with Crippen LogP contribution in [0.15, 0.2) is 70.6 Å². The summed E-state index contributed by atoms with van der Waals surface area (Å²) >= 11 is 1.48. The van der Waals surface area contributed by atoms with E-state index in [1.165, 1.54) is 17.3 Å². The lowest BCUT2D eigenvalue weighted by atomic mass is 10.1. The normalized spacial score (nSPS) is 11.6. The topological polar surface area (TPSA) is 29.4 Å². The standard InChI is InChI=1S/C17H15NOS/c1-18-17(15-10-6-3-7-11-15)16(12-19)20-13-14-8-4-2-5-9-14/h2-12H,1,13H2/b17-16-. The van der Waals surface area contributed by atoms with Crippen LogP contribution in [0.3, 0.4) is 0 Å². The van der Waals surface area contributed by atoms with E-state index in [4.69, 9.17) is 0 Å². The molecule has 20 heavy (non-hydrogen) atoms. The van der Waals surface area contributed by atoms with E-state index in [0.717, 1.165) is 17.6 Å². The van der Waals surface area contributed by atoms with Crippen molar-refractivity contribution in [1.29, 1.82) is 0 Å². The first kappa shape index (κ1) is 14.3. The first-order valence-corrected chi connectivity index (χ1v) is 7.22. The van der Waals surface area contributed by atoms with Gasteiger partial charge in [0.05, 0.1) is 10.6 Å². The van der Waals surface area contributed by atoms with Crippen LogP contribution in [0.1, 0.15) is 11.1 Å². The minimum absolute atomic E-state index is 0.607. The molecule has 2 aromatic rings. The van der Waals surface area contributed by atoms with Gasteiger partial charge in [0.1, 0.15) is 0 Å². The molecule has 0 bridgehead atoms. The maximum absolute atomic E-state index is 11.3. The molecule has 2 aromatic carbocycles. The van der Waals surface area contributed by atoms with Crippen molar-refractivity contribution in [3.8, 4) is 0 Å². The van der Waals surface area contributed by atoms with Crippen molar-refractivity contribution in [2.75, 3.05) is 0 Å². The second-order valence-electron chi connectivity index (χ2n) is 4.13. The van der Waals surface area contributed by atoms with Gasteiger partial charge in [0.25, 0.3) is 0 Å². The van der Waals surface area contributed by atoms with Crippen LogP contribution in [0.25, 0.3) is 5.70 Å². The van der Waals surface area contributed by atoms with Crippen LogP contribution in [-0.2, 0) is 10.5 Å². The largest absolute Gasteiger partial charge is 0.297 e. The van der Waals surface area contributed by atoms with E-state index >= 15 is 0 Å². The van der Waals surface area contributed by atoms with Crippen LogP contribution in [-0.4, -0.2) is 13.0 Å². The van der Waals surface area contributed by atoms with Gasteiger partial charge in [-0.2, -0.15) is 0 Å². The fraction of sp³-hybridized carbons (Fsp3) is 0.0588. The lowest BCUT2D eigenvalue weighted by molar-refractivity contribution is -0.104. The zero-order valence-corrected chi connectivity index (χ0v) is 11.8. The summed E-state index contributed by atoms with van der Waals surface area (Å²) in [6, 6.07) is 19.7. The number of thioether (sulfide) groups is 1. The monoisotopic (exact) mass is 281 g/mol. The van der Waals surface area contributed by atoms with E-state index in [9.17, 15) is 4.79 Å². The Morgan fingerprint density at radius 3 is 2.20 bits per heavy atom. The number of allylic oxidation sites excluding steroid dienone is 1. The molecule has 0 saturated heterocycles. The van der Waals surface area contributed by atoms with Gasteiger partial charge in [0.15, 0.2) is 6.29 Å². The van der Waals surface area contributed by atoms with Crippen LogP contribution in [0.2, 0.25) is 0 Å². The van der Waals surface area contributed by atoms with Crippen molar-refractivity contribution in [3.05, 3.63) is 76.7 Å². The van der Waals surface area contributed by atoms with Gasteiger partial charge >= 0.3 is 0 Å². The fourth-order valence-electron chi connectivity index (χ4n) is 1.80. The number of carbonyl (C=O) groups excluding carboxylic acids is 1. The van der Waals surface area contributed by atoms with Crippen LogP contribution in [0.4, 0.5) is 0 Å². The molecule has 0 spiro atoms. The molecule has 2 nitrogen and oxygen atoms in total. The van der Waals surface area contributed by atoms with E-state index < -0.39 is 0 Å². The van der Waals surface area contributed by atoms with Crippen molar-refractivity contribution >= 4 is 30.5 Å². The van der Waals surface area contributed by atoms with E-state index in [-0.39, 0.29) is 0 Å². The van der Waals surface area contributed by atoms with Gasteiger partial charge in [-0.05, 0) is 12.3 Å². The minimum Gasteiger partial charge on any atom is -0.297 e. The smallest absolute Gasteiger partial charge is 0.158 e. The van der Waals surface area contributed by atoms with Gasteiger partial charge in [0.2, 0.25) is 0 Å². The summed E-state index contributed by atoms with van der Waals surface area (Å²) in [5.41, 5.74) is 2.72. The van der Waals surface area contributed by atoms with Crippen LogP contribution in [0.5, 0.6) is 0 Å². The van der Waals surface area contributed by atoms with Crippen molar-refractivity contribution < 1.29 is 4.79 Å². The third-order valence-corrected chi connectivity index (χ3v) is 3.86. The van der Waals surface area contributed by atoms with Gasteiger partial charge in [-0.1, -0.05) is 60.7 Å². The second kappa shape index (κ2) is 7.46. The van der Waals surface area contributed by atoms with E-state index in [0.29, 0.717) is 10.6 Å². The number of benzene rings is 2. The summed E-state index contributed by atoms with van der Waals surface area (Å²) in [5, 5.41) is 0. The molecule has 0 aromatic heterocycles. The van der Waals surface area contributed by atoms with Gasteiger partial charge in [-0.25, -0.2) is 0 Å². The molecule has 3 heteroatoms. The first-order chi connectivity index (χ1) is 9.85. The van der Waals surface area contributed by atoms with E-state index in [2.05, 4.69) is 11.7 Å². The fourth-order valence-corrected chi connectivity index (χ4v) is 2.70. The van der Waals surface area contributed by atoms with Crippen LogP contribution in [0, 0.1) is 0 Å². The number of hydrogen-bond acceptors (Lipinski definition) is 3. The number of nitrogens with zero attached hydrogens (tertiary/aromatic N) is 1. The van der Waals surface area contributed by atoms with Crippen molar-refractivity contribution in [3.63, 3.8) is 0 Å². The molecule has 0 aliphatic heterocycles. The molecule has 0 radical (unpaired) electrons. The highest BCUT2D eigenvalue weighted by molar-refractivity contribution is 8.03. The van der Waals surface area contributed by atoms with Gasteiger partial charge in [-0.3, -0.25) is 9.79 Å². The zero-order valence-electron chi connectivity index (χ0n) is 11.0. The highest BCUT2D eigenvalue weighted by Gasteiger charge is 2.08. The molecular formula is C17H15NOS. The SMILES string of the molecule is C=N/C(=C(/C=O)SCc1ccccc1)c1ccccc1. The molecule has 0 amide bonds. The Labute approximate surface area is 123 Å². The van der Waals surface area contributed by atoms with Crippen molar-refractivity contribution in [1.82, 2.24) is 0 Å². The van der Waals surface area contributed by atoms with Crippen LogP contribution < -0.4 is 0 Å². The van der Waals surface area contributed by atoms with Crippen LogP contribution >= 0.6 is 11.8 Å². The molecule has 2 rings (SSSR count). The lowest BCUT2D eigenvalue weighted by Crippen LogP contribution is -1.90. The zero-order chi connectivity index (χ0) is 14.2. The van der Waals surface area contributed by atoms with E-state index in [1.807, 2.05) is 60.7 Å². The maximum atomic E-state index is 11.3. The molecule has 0 atom stereocenters. The molecule has 0 aliphatic carbocycles. The Balaban J connectivity index is 2.22. The maximum Gasteiger partial charge on any atom is 0.158 e. The number of hydrogen-bond donors (Lipinski definition) is 0. The highest BCUT2D eigenvalue weighted by Crippen LogP contribution is 2.28. The van der Waals surface area contributed by atoms with Gasteiger partial charge in [0, 0.05) is 11.3 Å². The number of carbonyl (C=O) groups is 1. The number of aldehydes is 1. The summed E-state index contributed by atoms with van der Waals surface area (Å²) < 4.78 is 0. The summed E-state index contributed by atoms with van der Waals surface area (Å²) in [4.78, 5) is 16.0. The average Bonchev–Trinajstić information content (AvgIpc) is 2.53. The summed E-state index contributed by atoms with van der Waals surface area (Å²) in [7, 11) is 0. The molecule has 0 fully saturated rings. The van der Waals surface area contributed by atoms with Gasteiger partial charge < -0.3 is 0 Å². The van der Waals surface area contributed by atoms with E-state index in [1.54, 1.807) is 0 Å². The van der Waals surface area contributed by atoms with Crippen molar-refractivity contribution in [2.24, 2.45) is 4.99 Å². The third kappa shape index (κ3) is 3.68. The summed E-state index contributed by atoms with van der Waals surface area (Å²) in [6.45, 7) is 3.58. The predicted molar refractivity (Wildman–Crippen MR) is 86.7 cm³/mol. The quantitative estimate of drug-likeness (QED) is 0.451. The molecular weight excluding hydrogens is 266 g/mol. The molecule has 0 aliphatic rings. The highest BCUT2D eigenvalue weighted by atomic mass is 32.2. The molecule has 100 valence electrons.